The molecule has 0 saturated carbocycles. The molecule has 15 heavy (non-hydrogen) atoms. The summed E-state index contributed by atoms with van der Waals surface area (Å²) in [6, 6.07) is 0. The van der Waals surface area contributed by atoms with Crippen molar-refractivity contribution < 1.29 is 5.11 Å². The molecule has 0 fully saturated rings. The van der Waals surface area contributed by atoms with Crippen molar-refractivity contribution in [1.82, 2.24) is 0 Å². The maximum absolute atomic E-state index is 9.96. The van der Waals surface area contributed by atoms with Crippen molar-refractivity contribution in [2.45, 2.75) is 64.7 Å². The fourth-order valence-electron chi connectivity index (χ4n) is 1.62. The molecule has 1 radical (unpaired) electrons. The van der Waals surface area contributed by atoms with Gasteiger partial charge in [0.15, 0.2) is 0 Å². The summed E-state index contributed by atoms with van der Waals surface area (Å²) in [4.78, 5) is 0. The second-order valence-electron chi connectivity index (χ2n) is 4.02. The van der Waals surface area contributed by atoms with Crippen molar-refractivity contribution in [2.75, 3.05) is 0 Å². The van der Waals surface area contributed by atoms with Gasteiger partial charge < -0.3 is 0 Å². The van der Waals surface area contributed by atoms with Crippen LogP contribution in [0.15, 0.2) is 24.5 Å². The maximum atomic E-state index is 9.96. The first-order valence-electron chi connectivity index (χ1n) is 6.35. The van der Waals surface area contributed by atoms with Crippen molar-refractivity contribution in [3.05, 3.63) is 24.5 Å². The highest BCUT2D eigenvalue weighted by molar-refractivity contribution is 4.98. The molecule has 1 heteroatoms. The van der Waals surface area contributed by atoms with Crippen molar-refractivity contribution in [3.8, 4) is 0 Å². The average molecular weight is 209 g/mol. The average Bonchev–Trinajstić information content (AvgIpc) is 2.26. The Kier molecular flexibility index (Phi) is 12.6. The second-order valence-corrected chi connectivity index (χ2v) is 4.02. The highest BCUT2D eigenvalue weighted by atomic mass is 16.2. The van der Waals surface area contributed by atoms with E-state index < -0.39 is 0 Å². The van der Waals surface area contributed by atoms with Crippen LogP contribution in [0.25, 0.3) is 0 Å². The van der Waals surface area contributed by atoms with Gasteiger partial charge in [-0.2, -0.15) is 0 Å². The summed E-state index contributed by atoms with van der Waals surface area (Å²) in [7, 11) is 0. The number of rotatable bonds is 10. The monoisotopic (exact) mass is 209 g/mol. The van der Waals surface area contributed by atoms with E-state index in [1.54, 1.807) is 6.08 Å². The van der Waals surface area contributed by atoms with E-state index in [0.29, 0.717) is 0 Å². The zero-order valence-electron chi connectivity index (χ0n) is 10.1. The molecule has 0 aromatic carbocycles. The number of hydrogen-bond donors (Lipinski definition) is 0. The molecule has 0 bridgehead atoms. The molecule has 0 amide bonds. The molecule has 0 unspecified atom stereocenters. The third-order valence-corrected chi connectivity index (χ3v) is 2.55. The van der Waals surface area contributed by atoms with Gasteiger partial charge in [0.25, 0.3) is 0 Å². The largest absolute Gasteiger partial charge is 0.299 e. The molecule has 87 valence electrons. The molecular formula is C14H25O. The first-order valence-corrected chi connectivity index (χ1v) is 6.35. The summed E-state index contributed by atoms with van der Waals surface area (Å²) in [5, 5.41) is 9.96. The van der Waals surface area contributed by atoms with Gasteiger partial charge in [0.2, 0.25) is 0 Å². The summed E-state index contributed by atoms with van der Waals surface area (Å²) < 4.78 is 0. The van der Waals surface area contributed by atoms with Gasteiger partial charge in [-0.15, -0.1) is 0 Å². The minimum Gasteiger partial charge on any atom is -0.299 e. The Labute approximate surface area is 94.9 Å². The summed E-state index contributed by atoms with van der Waals surface area (Å²) in [5.74, 6) is 0. The van der Waals surface area contributed by atoms with Gasteiger partial charge in [0.1, 0.15) is 6.26 Å². The van der Waals surface area contributed by atoms with Gasteiger partial charge in [-0.25, -0.2) is 0 Å². The van der Waals surface area contributed by atoms with E-state index in [0.717, 1.165) is 12.7 Å². The van der Waals surface area contributed by atoms with Crippen LogP contribution in [0.4, 0.5) is 0 Å². The molecule has 0 aromatic heterocycles. The Morgan fingerprint density at radius 2 is 1.40 bits per heavy atom. The van der Waals surface area contributed by atoms with Crippen LogP contribution in [0.2, 0.25) is 0 Å². The lowest BCUT2D eigenvalue weighted by atomic mass is 10.1. The molecule has 0 aliphatic rings. The van der Waals surface area contributed by atoms with Crippen molar-refractivity contribution in [1.29, 1.82) is 0 Å². The zero-order valence-corrected chi connectivity index (χ0v) is 10.1. The number of allylic oxidation sites excluding steroid dienone is 3. The van der Waals surface area contributed by atoms with Crippen LogP contribution in [0.1, 0.15) is 64.7 Å². The van der Waals surface area contributed by atoms with E-state index in [4.69, 9.17) is 0 Å². The molecule has 0 saturated heterocycles. The highest BCUT2D eigenvalue weighted by Gasteiger charge is 1.89. The third-order valence-electron chi connectivity index (χ3n) is 2.55. The molecule has 0 spiro atoms. The summed E-state index contributed by atoms with van der Waals surface area (Å²) in [6.45, 7) is 2.25. The Hall–Kier alpha value is -0.720. The van der Waals surface area contributed by atoms with Gasteiger partial charge in [-0.05, 0) is 18.9 Å². The Morgan fingerprint density at radius 1 is 0.800 bits per heavy atom. The lowest BCUT2D eigenvalue weighted by Crippen LogP contribution is -1.79. The van der Waals surface area contributed by atoms with Gasteiger partial charge in [0, 0.05) is 0 Å². The first-order chi connectivity index (χ1) is 7.41. The third kappa shape index (κ3) is 13.3. The SMILES string of the molecule is CCCCCCCCCC/C=C/C=C/[O]. The molecule has 0 atom stereocenters. The molecule has 0 rings (SSSR count). The Bertz CT molecular complexity index is 159. The topological polar surface area (TPSA) is 19.9 Å². The molecule has 0 aliphatic heterocycles. The first kappa shape index (κ1) is 14.3. The lowest BCUT2D eigenvalue weighted by Gasteiger charge is -1.99. The summed E-state index contributed by atoms with van der Waals surface area (Å²) in [6.07, 6.45) is 18.3. The molecule has 0 aliphatic carbocycles. The molecule has 1 nitrogen and oxygen atoms in total. The smallest absolute Gasteiger partial charge is 0.142 e. The molecule has 0 aromatic rings. The van der Waals surface area contributed by atoms with Crippen molar-refractivity contribution >= 4 is 0 Å². The van der Waals surface area contributed by atoms with Gasteiger partial charge in [0.05, 0.1) is 0 Å². The van der Waals surface area contributed by atoms with Crippen molar-refractivity contribution in [2.24, 2.45) is 0 Å². The minimum atomic E-state index is 0.824. The van der Waals surface area contributed by atoms with Crippen LogP contribution in [0, 0.1) is 0 Å². The highest BCUT2D eigenvalue weighted by Crippen LogP contribution is 2.09. The second kappa shape index (κ2) is 13.3. The normalized spacial score (nSPS) is 11.8. The van der Waals surface area contributed by atoms with Gasteiger partial charge in [-0.1, -0.05) is 64.0 Å². The number of hydrogen-bond acceptors (Lipinski definition) is 0. The standard InChI is InChI=1S/C14H25O/c1-2-3-4-5-6-7-8-9-10-11-12-13-14-15/h11-14H,2-10H2,1H3/b12-11+,14-13+. The van der Waals surface area contributed by atoms with Crippen molar-refractivity contribution in [3.63, 3.8) is 0 Å². The van der Waals surface area contributed by atoms with E-state index in [-0.39, 0.29) is 0 Å². The van der Waals surface area contributed by atoms with E-state index >= 15 is 0 Å². The maximum Gasteiger partial charge on any atom is 0.142 e. The van der Waals surface area contributed by atoms with E-state index in [2.05, 4.69) is 13.0 Å². The van der Waals surface area contributed by atoms with Crippen LogP contribution < -0.4 is 0 Å². The van der Waals surface area contributed by atoms with Crippen LogP contribution >= 0.6 is 0 Å². The summed E-state index contributed by atoms with van der Waals surface area (Å²) in [5.41, 5.74) is 0. The zero-order chi connectivity index (χ0) is 11.2. The molecule has 0 heterocycles. The van der Waals surface area contributed by atoms with E-state index in [9.17, 15) is 5.11 Å². The van der Waals surface area contributed by atoms with Crippen LogP contribution in [-0.2, 0) is 5.11 Å². The predicted molar refractivity (Wildman–Crippen MR) is 66.2 cm³/mol. The Morgan fingerprint density at radius 3 is 2.00 bits per heavy atom. The van der Waals surface area contributed by atoms with Crippen LogP contribution in [-0.4, -0.2) is 0 Å². The molecule has 0 N–H and O–H groups in total. The minimum absolute atomic E-state index is 0.824. The fourth-order valence-corrected chi connectivity index (χ4v) is 1.62. The predicted octanol–water partition coefficient (Wildman–Crippen LogP) is 5.02. The number of unbranched alkanes of at least 4 members (excludes halogenated alkanes) is 8. The van der Waals surface area contributed by atoms with Gasteiger partial charge in [-0.3, -0.25) is 5.11 Å². The van der Waals surface area contributed by atoms with E-state index in [1.165, 1.54) is 51.4 Å². The fraction of sp³-hybridized carbons (Fsp3) is 0.714. The quantitative estimate of drug-likeness (QED) is 0.273. The summed E-state index contributed by atoms with van der Waals surface area (Å²) >= 11 is 0. The molecular weight excluding hydrogens is 184 g/mol. The Balaban J connectivity index is 2.98. The lowest BCUT2D eigenvalue weighted by molar-refractivity contribution is 0.352. The van der Waals surface area contributed by atoms with Gasteiger partial charge >= 0.3 is 0 Å². The van der Waals surface area contributed by atoms with Crippen LogP contribution in [0.5, 0.6) is 0 Å². The van der Waals surface area contributed by atoms with E-state index in [1.807, 2.05) is 6.08 Å². The van der Waals surface area contributed by atoms with Crippen LogP contribution in [0.3, 0.4) is 0 Å².